The fourth-order valence-electron chi connectivity index (χ4n) is 2.36. The molecule has 0 radical (unpaired) electrons. The van der Waals surface area contributed by atoms with E-state index >= 15 is 0 Å². The van der Waals surface area contributed by atoms with Gasteiger partial charge in [0, 0.05) is 17.1 Å². The first-order valence-corrected chi connectivity index (χ1v) is 11.0. The smallest absolute Gasteiger partial charge is 0.230 e. The van der Waals surface area contributed by atoms with Crippen LogP contribution in [0.3, 0.4) is 0 Å². The number of thioether (sulfide) groups is 1. The highest BCUT2D eigenvalue weighted by Gasteiger charge is 2.12. The summed E-state index contributed by atoms with van der Waals surface area (Å²) in [5.41, 5.74) is 1.29. The van der Waals surface area contributed by atoms with Crippen LogP contribution in [0.5, 0.6) is 11.5 Å². The molecule has 1 amide bonds. The van der Waals surface area contributed by atoms with Gasteiger partial charge in [-0.25, -0.2) is 4.98 Å². The van der Waals surface area contributed by atoms with Gasteiger partial charge in [0.1, 0.15) is 0 Å². The molecule has 0 atom stereocenters. The molecule has 0 aliphatic rings. The Morgan fingerprint density at radius 1 is 1.14 bits per heavy atom. The molecule has 3 rings (SSSR count). The third kappa shape index (κ3) is 5.34. The predicted octanol–water partition coefficient (Wildman–Crippen LogP) is 4.38. The summed E-state index contributed by atoms with van der Waals surface area (Å²) in [5, 5.41) is 6.55. The Morgan fingerprint density at radius 2 is 1.96 bits per heavy atom. The second-order valence-corrected chi connectivity index (χ2v) is 8.62. The van der Waals surface area contributed by atoms with E-state index in [9.17, 15) is 9.59 Å². The number of hydrogen-bond acceptors (Lipinski definition) is 8. The Hall–Kier alpha value is -2.36. The maximum atomic E-state index is 12.3. The van der Waals surface area contributed by atoms with E-state index in [0.717, 1.165) is 9.22 Å². The van der Waals surface area contributed by atoms with Crippen molar-refractivity contribution in [3.63, 3.8) is 0 Å². The minimum atomic E-state index is -0.177. The van der Waals surface area contributed by atoms with Crippen LogP contribution in [-0.4, -0.2) is 36.6 Å². The molecule has 2 aromatic heterocycles. The zero-order chi connectivity index (χ0) is 19.9. The summed E-state index contributed by atoms with van der Waals surface area (Å²) in [6.07, 6.45) is 0.157. The number of benzene rings is 1. The van der Waals surface area contributed by atoms with Crippen LogP contribution < -0.4 is 14.8 Å². The number of nitrogens with one attached hydrogen (secondary N) is 1. The average molecular weight is 435 g/mol. The highest BCUT2D eigenvalue weighted by Crippen LogP contribution is 2.30. The van der Waals surface area contributed by atoms with E-state index in [-0.39, 0.29) is 18.1 Å². The molecule has 0 saturated heterocycles. The van der Waals surface area contributed by atoms with E-state index in [0.29, 0.717) is 28.6 Å². The van der Waals surface area contributed by atoms with E-state index in [4.69, 9.17) is 9.47 Å². The SMILES string of the molecule is COc1ccc(NC(=O)Cc2csc(SCC(=O)c3cccs3)n2)cc1OC. The van der Waals surface area contributed by atoms with Gasteiger partial charge >= 0.3 is 0 Å². The first-order chi connectivity index (χ1) is 13.6. The molecule has 28 heavy (non-hydrogen) atoms. The molecule has 0 fully saturated rings. The molecule has 1 aromatic carbocycles. The molecule has 0 saturated carbocycles. The van der Waals surface area contributed by atoms with Gasteiger partial charge < -0.3 is 14.8 Å². The van der Waals surface area contributed by atoms with Gasteiger partial charge in [-0.15, -0.1) is 22.7 Å². The third-order valence-corrected chi connectivity index (χ3v) is 6.64. The summed E-state index contributed by atoms with van der Waals surface area (Å²) in [6, 6.07) is 8.87. The van der Waals surface area contributed by atoms with Crippen molar-refractivity contribution in [1.82, 2.24) is 4.98 Å². The molecule has 0 aliphatic carbocycles. The molecule has 0 spiro atoms. The molecule has 9 heteroatoms. The number of ketones is 1. The van der Waals surface area contributed by atoms with Gasteiger partial charge in [0.05, 0.1) is 37.0 Å². The number of anilines is 1. The first-order valence-electron chi connectivity index (χ1n) is 8.25. The lowest BCUT2D eigenvalue weighted by Gasteiger charge is -2.10. The number of methoxy groups -OCH3 is 2. The summed E-state index contributed by atoms with van der Waals surface area (Å²) >= 11 is 4.26. The van der Waals surface area contributed by atoms with Crippen molar-refractivity contribution in [2.75, 3.05) is 25.3 Å². The standard InChI is InChI=1S/C19H18N2O4S3/c1-24-15-6-5-12(8-16(15)25-2)20-18(23)9-13-10-27-19(21-13)28-11-14(22)17-4-3-7-26-17/h3-8,10H,9,11H2,1-2H3,(H,20,23). The Balaban J connectivity index is 1.53. The van der Waals surface area contributed by atoms with Crippen molar-refractivity contribution in [3.05, 3.63) is 51.7 Å². The Labute approximate surface area is 174 Å². The molecule has 0 unspecified atom stereocenters. The summed E-state index contributed by atoms with van der Waals surface area (Å²) in [5.74, 6) is 1.39. The molecular formula is C19H18N2O4S3. The number of aromatic nitrogens is 1. The second kappa shape index (κ2) is 9.72. The number of rotatable bonds is 9. The van der Waals surface area contributed by atoms with Crippen molar-refractivity contribution in [1.29, 1.82) is 0 Å². The van der Waals surface area contributed by atoms with Crippen molar-refractivity contribution >= 4 is 51.8 Å². The Bertz CT molecular complexity index is 954. The van der Waals surface area contributed by atoms with Gasteiger partial charge in [-0.1, -0.05) is 17.8 Å². The van der Waals surface area contributed by atoms with Crippen LogP contribution in [0.25, 0.3) is 0 Å². The minimum Gasteiger partial charge on any atom is -0.493 e. The van der Waals surface area contributed by atoms with Crippen molar-refractivity contribution in [3.8, 4) is 11.5 Å². The fourth-order valence-corrected chi connectivity index (χ4v) is 4.84. The van der Waals surface area contributed by atoms with Crippen LogP contribution >= 0.6 is 34.4 Å². The second-order valence-electron chi connectivity index (χ2n) is 5.59. The lowest BCUT2D eigenvalue weighted by Crippen LogP contribution is -2.14. The van der Waals surface area contributed by atoms with Gasteiger partial charge in [-0.05, 0) is 23.6 Å². The van der Waals surface area contributed by atoms with Crippen molar-refractivity contribution < 1.29 is 19.1 Å². The van der Waals surface area contributed by atoms with Crippen LogP contribution in [0.4, 0.5) is 5.69 Å². The van der Waals surface area contributed by atoms with Gasteiger partial charge in [0.2, 0.25) is 5.91 Å². The lowest BCUT2D eigenvalue weighted by atomic mass is 10.2. The molecule has 3 aromatic rings. The third-order valence-electron chi connectivity index (χ3n) is 3.66. The van der Waals surface area contributed by atoms with Crippen LogP contribution in [0.1, 0.15) is 15.4 Å². The molecule has 0 bridgehead atoms. The van der Waals surface area contributed by atoms with Crippen molar-refractivity contribution in [2.45, 2.75) is 10.8 Å². The predicted molar refractivity (Wildman–Crippen MR) is 113 cm³/mol. The number of carbonyl (C=O) groups excluding carboxylic acids is 2. The minimum absolute atomic E-state index is 0.0861. The summed E-state index contributed by atoms with van der Waals surface area (Å²) in [4.78, 5) is 29.5. The molecule has 146 valence electrons. The maximum Gasteiger partial charge on any atom is 0.230 e. The number of nitrogens with zero attached hydrogens (tertiary/aromatic N) is 1. The maximum absolute atomic E-state index is 12.3. The first kappa shape index (κ1) is 20.4. The molecule has 1 N–H and O–H groups in total. The van der Waals surface area contributed by atoms with E-state index in [1.165, 1.54) is 34.4 Å². The van der Waals surface area contributed by atoms with Gasteiger partial charge in [-0.2, -0.15) is 0 Å². The van der Waals surface area contributed by atoms with E-state index in [2.05, 4.69) is 10.3 Å². The average Bonchev–Trinajstić information content (AvgIpc) is 3.38. The van der Waals surface area contributed by atoms with E-state index in [1.54, 1.807) is 32.4 Å². The number of hydrogen-bond donors (Lipinski definition) is 1. The largest absolute Gasteiger partial charge is 0.493 e. The zero-order valence-corrected chi connectivity index (χ0v) is 17.7. The number of ether oxygens (including phenoxy) is 2. The number of Topliss-reactive ketones (excluding diaryl/α,β-unsaturated/α-hetero) is 1. The number of carbonyl (C=O) groups is 2. The summed E-state index contributed by atoms with van der Waals surface area (Å²) in [6.45, 7) is 0. The monoisotopic (exact) mass is 434 g/mol. The summed E-state index contributed by atoms with van der Waals surface area (Å²) in [7, 11) is 3.10. The van der Waals surface area contributed by atoms with Crippen LogP contribution in [-0.2, 0) is 11.2 Å². The lowest BCUT2D eigenvalue weighted by molar-refractivity contribution is -0.115. The van der Waals surface area contributed by atoms with Gasteiger partial charge in [-0.3, -0.25) is 9.59 Å². The molecule has 2 heterocycles. The van der Waals surface area contributed by atoms with Gasteiger partial charge in [0.25, 0.3) is 0 Å². The zero-order valence-electron chi connectivity index (χ0n) is 15.3. The Kier molecular flexibility index (Phi) is 7.07. The van der Waals surface area contributed by atoms with E-state index < -0.39 is 0 Å². The molecular weight excluding hydrogens is 416 g/mol. The van der Waals surface area contributed by atoms with Crippen LogP contribution in [0.15, 0.2) is 45.4 Å². The highest BCUT2D eigenvalue weighted by molar-refractivity contribution is 8.01. The highest BCUT2D eigenvalue weighted by atomic mass is 32.2. The van der Waals surface area contributed by atoms with Crippen LogP contribution in [0.2, 0.25) is 0 Å². The molecule has 6 nitrogen and oxygen atoms in total. The fraction of sp³-hybridized carbons (Fsp3) is 0.211. The van der Waals surface area contributed by atoms with Gasteiger partial charge in [0.15, 0.2) is 21.6 Å². The molecule has 0 aliphatic heterocycles. The van der Waals surface area contributed by atoms with Crippen LogP contribution in [0, 0.1) is 0 Å². The normalized spacial score (nSPS) is 10.5. The van der Waals surface area contributed by atoms with E-state index in [1.807, 2.05) is 22.9 Å². The number of amides is 1. The quantitative estimate of drug-likeness (QED) is 0.398. The number of thiophene rings is 1. The summed E-state index contributed by atoms with van der Waals surface area (Å²) < 4.78 is 11.2. The number of thiazole rings is 1. The topological polar surface area (TPSA) is 77.5 Å². The Morgan fingerprint density at radius 3 is 2.68 bits per heavy atom. The van der Waals surface area contributed by atoms with Crippen molar-refractivity contribution in [2.24, 2.45) is 0 Å².